The van der Waals surface area contributed by atoms with Gasteiger partial charge < -0.3 is 5.32 Å². The van der Waals surface area contributed by atoms with E-state index in [-0.39, 0.29) is 12.4 Å². The van der Waals surface area contributed by atoms with Crippen LogP contribution in [-0.4, -0.2) is 6.21 Å². The molecule has 0 saturated carbocycles. The fourth-order valence-corrected chi connectivity index (χ4v) is 1.61. The number of halogens is 1. The fourth-order valence-electron chi connectivity index (χ4n) is 1.61. The molecule has 3 heteroatoms. The first-order chi connectivity index (χ1) is 9.84. The molecule has 2 aromatic carbocycles. The molecule has 2 aromatic rings. The molecule has 0 radical (unpaired) electrons. The van der Waals surface area contributed by atoms with Gasteiger partial charge in [0.25, 0.3) is 0 Å². The summed E-state index contributed by atoms with van der Waals surface area (Å²) >= 11 is 0. The van der Waals surface area contributed by atoms with Gasteiger partial charge in [0.05, 0.1) is 5.69 Å². The number of hydrogen-bond donors (Lipinski definition) is 1. The molecule has 108 valence electrons. The topological polar surface area (TPSA) is 24.4 Å². The molecule has 1 N–H and O–H groups in total. The van der Waals surface area contributed by atoms with Crippen molar-refractivity contribution in [1.29, 1.82) is 0 Å². The van der Waals surface area contributed by atoms with E-state index in [1.54, 1.807) is 0 Å². The van der Waals surface area contributed by atoms with Crippen molar-refractivity contribution >= 4 is 30.0 Å². The minimum Gasteiger partial charge on any atom is -0.362 e. The van der Waals surface area contributed by atoms with Crippen LogP contribution in [0.25, 0.3) is 0 Å². The lowest BCUT2D eigenvalue weighted by molar-refractivity contribution is 1.49. The number of allylic oxidation sites excluding steroid dienone is 3. The van der Waals surface area contributed by atoms with Crippen molar-refractivity contribution in [3.8, 4) is 0 Å². The Morgan fingerprint density at radius 3 is 2.24 bits per heavy atom. The molecule has 0 atom stereocenters. The lowest BCUT2D eigenvalue weighted by Crippen LogP contribution is -1.86. The highest BCUT2D eigenvalue weighted by atomic mass is 35.5. The van der Waals surface area contributed by atoms with Crippen molar-refractivity contribution in [2.75, 3.05) is 5.32 Å². The van der Waals surface area contributed by atoms with Crippen LogP contribution in [0.3, 0.4) is 0 Å². The number of anilines is 1. The second kappa shape index (κ2) is 9.56. The number of nitrogens with zero attached hydrogens (tertiary/aromatic N) is 1. The number of para-hydroxylation sites is 2. The standard InChI is InChI=1S/C18H18N2.ClH/c1-16(12-14-19-17-8-4-2-5-9-17)13-15-20-18-10-6-3-7-11-18;/h2-15,19H,1H3;1H. The minimum absolute atomic E-state index is 0. The second-order valence-corrected chi connectivity index (χ2v) is 4.37. The molecule has 0 saturated heterocycles. The van der Waals surface area contributed by atoms with Gasteiger partial charge in [0.15, 0.2) is 0 Å². The molecule has 0 unspecified atom stereocenters. The first-order valence-electron chi connectivity index (χ1n) is 6.59. The van der Waals surface area contributed by atoms with E-state index >= 15 is 0 Å². The molecule has 0 fully saturated rings. The summed E-state index contributed by atoms with van der Waals surface area (Å²) in [5.74, 6) is 0. The van der Waals surface area contributed by atoms with Crippen LogP contribution in [0.4, 0.5) is 11.4 Å². The van der Waals surface area contributed by atoms with Crippen molar-refractivity contribution < 1.29 is 0 Å². The van der Waals surface area contributed by atoms with Crippen molar-refractivity contribution in [2.45, 2.75) is 6.92 Å². The van der Waals surface area contributed by atoms with Gasteiger partial charge in [-0.1, -0.05) is 36.4 Å². The largest absolute Gasteiger partial charge is 0.362 e. The summed E-state index contributed by atoms with van der Waals surface area (Å²) in [4.78, 5) is 4.36. The predicted octanol–water partition coefficient (Wildman–Crippen LogP) is 5.38. The lowest BCUT2D eigenvalue weighted by atomic mass is 10.3. The normalized spacial score (nSPS) is 11.6. The van der Waals surface area contributed by atoms with E-state index in [1.165, 1.54) is 0 Å². The van der Waals surface area contributed by atoms with E-state index in [0.29, 0.717) is 0 Å². The lowest BCUT2D eigenvalue weighted by Gasteiger charge is -1.98. The van der Waals surface area contributed by atoms with Gasteiger partial charge in [-0.3, -0.25) is 4.99 Å². The highest BCUT2D eigenvalue weighted by Gasteiger charge is 1.85. The number of rotatable bonds is 5. The fraction of sp³-hybridized carbons (Fsp3) is 0.0556. The Morgan fingerprint density at radius 1 is 0.952 bits per heavy atom. The van der Waals surface area contributed by atoms with E-state index in [4.69, 9.17) is 0 Å². The average molecular weight is 299 g/mol. The van der Waals surface area contributed by atoms with Crippen LogP contribution in [0.2, 0.25) is 0 Å². The van der Waals surface area contributed by atoms with Gasteiger partial charge in [-0.15, -0.1) is 12.4 Å². The molecular formula is C18H19ClN2. The van der Waals surface area contributed by atoms with Gasteiger partial charge in [0.2, 0.25) is 0 Å². The first-order valence-corrected chi connectivity index (χ1v) is 6.59. The highest BCUT2D eigenvalue weighted by molar-refractivity contribution is 5.85. The second-order valence-electron chi connectivity index (χ2n) is 4.37. The van der Waals surface area contributed by atoms with Gasteiger partial charge in [0.1, 0.15) is 0 Å². The number of benzene rings is 2. The summed E-state index contributed by atoms with van der Waals surface area (Å²) in [6.45, 7) is 2.04. The molecule has 0 aromatic heterocycles. The monoisotopic (exact) mass is 298 g/mol. The molecule has 21 heavy (non-hydrogen) atoms. The van der Waals surface area contributed by atoms with Crippen LogP contribution in [0.15, 0.2) is 89.6 Å². The third-order valence-electron chi connectivity index (χ3n) is 2.69. The zero-order chi connectivity index (χ0) is 14.0. The van der Waals surface area contributed by atoms with E-state index in [0.717, 1.165) is 16.9 Å². The van der Waals surface area contributed by atoms with Crippen molar-refractivity contribution in [3.05, 3.63) is 84.6 Å². The maximum absolute atomic E-state index is 4.36. The SMILES string of the molecule is CC(C=CNc1ccccc1)=CC=Nc1ccccc1.Cl. The molecule has 0 aliphatic heterocycles. The van der Waals surface area contributed by atoms with Crippen LogP contribution in [0, 0.1) is 0 Å². The third-order valence-corrected chi connectivity index (χ3v) is 2.69. The summed E-state index contributed by atoms with van der Waals surface area (Å²) in [6.07, 6.45) is 7.75. The Bertz CT molecular complexity index is 602. The molecular weight excluding hydrogens is 280 g/mol. The summed E-state index contributed by atoms with van der Waals surface area (Å²) in [5, 5.41) is 3.22. The van der Waals surface area contributed by atoms with Crippen molar-refractivity contribution in [1.82, 2.24) is 0 Å². The van der Waals surface area contributed by atoms with Crippen LogP contribution in [0.1, 0.15) is 6.92 Å². The molecule has 0 aliphatic carbocycles. The highest BCUT2D eigenvalue weighted by Crippen LogP contribution is 2.09. The van der Waals surface area contributed by atoms with Gasteiger partial charge in [-0.25, -0.2) is 0 Å². The van der Waals surface area contributed by atoms with E-state index in [2.05, 4.69) is 10.3 Å². The number of aliphatic imine (C=N–C) groups is 1. The van der Waals surface area contributed by atoms with Crippen LogP contribution in [0.5, 0.6) is 0 Å². The van der Waals surface area contributed by atoms with Gasteiger partial charge >= 0.3 is 0 Å². The molecule has 0 spiro atoms. The average Bonchev–Trinajstić information content (AvgIpc) is 2.49. The number of hydrogen-bond acceptors (Lipinski definition) is 2. The van der Waals surface area contributed by atoms with Crippen molar-refractivity contribution in [3.63, 3.8) is 0 Å². The molecule has 0 bridgehead atoms. The van der Waals surface area contributed by atoms with Crippen LogP contribution < -0.4 is 5.32 Å². The zero-order valence-electron chi connectivity index (χ0n) is 11.9. The first kappa shape index (κ1) is 16.7. The summed E-state index contributed by atoms with van der Waals surface area (Å²) in [7, 11) is 0. The van der Waals surface area contributed by atoms with E-state index in [9.17, 15) is 0 Å². The Labute approximate surface area is 132 Å². The number of nitrogens with one attached hydrogen (secondary N) is 1. The van der Waals surface area contributed by atoms with Gasteiger partial charge in [-0.05, 0) is 48.9 Å². The minimum atomic E-state index is 0. The Kier molecular flexibility index (Phi) is 7.62. The molecule has 2 nitrogen and oxygen atoms in total. The smallest absolute Gasteiger partial charge is 0.0629 e. The maximum atomic E-state index is 4.36. The van der Waals surface area contributed by atoms with E-state index in [1.807, 2.05) is 92.2 Å². The van der Waals surface area contributed by atoms with Crippen LogP contribution in [-0.2, 0) is 0 Å². The van der Waals surface area contributed by atoms with Gasteiger partial charge in [0, 0.05) is 18.1 Å². The molecule has 0 aliphatic rings. The molecule has 2 rings (SSSR count). The van der Waals surface area contributed by atoms with Gasteiger partial charge in [-0.2, -0.15) is 0 Å². The summed E-state index contributed by atoms with van der Waals surface area (Å²) in [5.41, 5.74) is 3.17. The summed E-state index contributed by atoms with van der Waals surface area (Å²) in [6, 6.07) is 20.0. The van der Waals surface area contributed by atoms with E-state index < -0.39 is 0 Å². The van der Waals surface area contributed by atoms with Crippen LogP contribution >= 0.6 is 12.4 Å². The third kappa shape index (κ3) is 6.59. The summed E-state index contributed by atoms with van der Waals surface area (Å²) < 4.78 is 0. The molecule has 0 amide bonds. The predicted molar refractivity (Wildman–Crippen MR) is 94.8 cm³/mol. The Hall–Kier alpha value is -2.32. The quantitative estimate of drug-likeness (QED) is 0.581. The Morgan fingerprint density at radius 2 is 1.57 bits per heavy atom. The maximum Gasteiger partial charge on any atom is 0.0629 e. The van der Waals surface area contributed by atoms with Crippen molar-refractivity contribution in [2.24, 2.45) is 4.99 Å². The zero-order valence-corrected chi connectivity index (χ0v) is 12.8. The Balaban J connectivity index is 0.00000220. The molecule has 0 heterocycles.